The minimum Gasteiger partial charge on any atom is -0.496 e. The highest BCUT2D eigenvalue weighted by molar-refractivity contribution is 9.10. The van der Waals surface area contributed by atoms with Crippen LogP contribution < -0.4 is 14.4 Å². The molecule has 0 N–H and O–H groups in total. The number of carbonyl (C=O) groups excluding carboxylic acids is 2. The van der Waals surface area contributed by atoms with Gasteiger partial charge in [0.1, 0.15) is 28.9 Å². The van der Waals surface area contributed by atoms with Gasteiger partial charge in [0.25, 0.3) is 0 Å². The number of methoxy groups -OCH3 is 1. The van der Waals surface area contributed by atoms with Crippen molar-refractivity contribution >= 4 is 33.9 Å². The normalized spacial score (nSPS) is 12.5. The van der Waals surface area contributed by atoms with Crippen molar-refractivity contribution in [3.05, 3.63) is 46.3 Å². The van der Waals surface area contributed by atoms with Gasteiger partial charge in [0, 0.05) is 16.2 Å². The van der Waals surface area contributed by atoms with Crippen LogP contribution in [0.25, 0.3) is 0 Å². The van der Waals surface area contributed by atoms with Gasteiger partial charge in [-0.15, -0.1) is 0 Å². The SMILES string of the molecule is COc1ccc(F)cc1C(C)Oc1cc(Br)cnc1N(C(=O)OC(C)(C)C)C(=O)OC(C)(C)C. The van der Waals surface area contributed by atoms with Gasteiger partial charge in [0.05, 0.1) is 7.11 Å². The molecular weight excluding hydrogens is 511 g/mol. The molecule has 1 aromatic heterocycles. The summed E-state index contributed by atoms with van der Waals surface area (Å²) in [6.45, 7) is 11.7. The van der Waals surface area contributed by atoms with E-state index >= 15 is 0 Å². The Balaban J connectivity index is 2.55. The third-order valence-electron chi connectivity index (χ3n) is 4.10. The number of rotatable bonds is 5. The first-order chi connectivity index (χ1) is 15.6. The van der Waals surface area contributed by atoms with Crippen LogP contribution in [0.3, 0.4) is 0 Å². The lowest BCUT2D eigenvalue weighted by Crippen LogP contribution is -2.44. The average molecular weight is 541 g/mol. The fourth-order valence-corrected chi connectivity index (χ4v) is 3.12. The summed E-state index contributed by atoms with van der Waals surface area (Å²) < 4.78 is 36.7. The number of carbonyl (C=O) groups is 2. The Morgan fingerprint density at radius 3 is 2.06 bits per heavy atom. The topological polar surface area (TPSA) is 87.2 Å². The van der Waals surface area contributed by atoms with E-state index in [1.54, 1.807) is 48.5 Å². The third-order valence-corrected chi connectivity index (χ3v) is 4.53. The second kappa shape index (κ2) is 10.6. The molecule has 0 aliphatic carbocycles. The summed E-state index contributed by atoms with van der Waals surface area (Å²) in [5.74, 6) is -0.142. The number of pyridine rings is 1. The van der Waals surface area contributed by atoms with Crippen LogP contribution in [0.1, 0.15) is 60.1 Å². The fourth-order valence-electron chi connectivity index (χ4n) is 2.81. The third kappa shape index (κ3) is 7.58. The number of anilines is 1. The van der Waals surface area contributed by atoms with E-state index in [-0.39, 0.29) is 11.6 Å². The fraction of sp³-hybridized carbons (Fsp3) is 0.458. The van der Waals surface area contributed by atoms with Crippen molar-refractivity contribution in [2.75, 3.05) is 12.0 Å². The number of halogens is 2. The van der Waals surface area contributed by atoms with E-state index in [9.17, 15) is 14.0 Å². The summed E-state index contributed by atoms with van der Waals surface area (Å²) in [6.07, 6.45) is -1.31. The quantitative estimate of drug-likeness (QED) is 0.411. The summed E-state index contributed by atoms with van der Waals surface area (Å²) in [5, 5.41) is 0. The molecule has 10 heteroatoms. The Bertz CT molecular complexity index is 1020. The molecule has 0 fully saturated rings. The van der Waals surface area contributed by atoms with Gasteiger partial charge in [-0.3, -0.25) is 0 Å². The van der Waals surface area contributed by atoms with Crippen LogP contribution in [-0.2, 0) is 9.47 Å². The van der Waals surface area contributed by atoms with Gasteiger partial charge in [-0.2, -0.15) is 4.90 Å². The van der Waals surface area contributed by atoms with Gasteiger partial charge < -0.3 is 18.9 Å². The summed E-state index contributed by atoms with van der Waals surface area (Å²) in [6, 6.07) is 5.58. The van der Waals surface area contributed by atoms with Gasteiger partial charge in [-0.1, -0.05) is 0 Å². The monoisotopic (exact) mass is 540 g/mol. The highest BCUT2D eigenvalue weighted by atomic mass is 79.9. The number of aromatic nitrogens is 1. The summed E-state index contributed by atoms with van der Waals surface area (Å²) in [4.78, 5) is 31.0. The van der Waals surface area contributed by atoms with Crippen LogP contribution in [0.4, 0.5) is 19.8 Å². The van der Waals surface area contributed by atoms with E-state index < -0.39 is 35.3 Å². The standard InChI is InChI=1S/C24H30BrFN2O6/c1-14(17-12-16(26)9-10-18(17)31-8)32-19-11-15(25)13-27-20(19)28(21(29)33-23(2,3)4)22(30)34-24(5,6)7/h9-14H,1-8H3. The Morgan fingerprint density at radius 1 is 1.00 bits per heavy atom. The molecule has 0 radical (unpaired) electrons. The number of hydrogen-bond acceptors (Lipinski definition) is 7. The number of benzene rings is 1. The van der Waals surface area contributed by atoms with Gasteiger partial charge in [-0.25, -0.2) is 19.0 Å². The minimum atomic E-state index is -0.989. The Kier molecular flexibility index (Phi) is 8.52. The number of imide groups is 1. The average Bonchev–Trinajstić information content (AvgIpc) is 2.67. The molecule has 0 bridgehead atoms. The predicted octanol–water partition coefficient (Wildman–Crippen LogP) is 6.81. The molecule has 0 saturated heterocycles. The van der Waals surface area contributed by atoms with Crippen molar-refractivity contribution < 1.29 is 32.9 Å². The minimum absolute atomic E-state index is 0.0601. The largest absolute Gasteiger partial charge is 0.496 e. The number of amides is 2. The molecule has 0 aliphatic heterocycles. The molecule has 0 spiro atoms. The van der Waals surface area contributed by atoms with Gasteiger partial charge >= 0.3 is 12.2 Å². The van der Waals surface area contributed by atoms with E-state index in [0.29, 0.717) is 20.7 Å². The molecule has 2 amide bonds. The maximum absolute atomic E-state index is 13.9. The van der Waals surface area contributed by atoms with Crippen molar-refractivity contribution in [1.82, 2.24) is 4.98 Å². The molecule has 0 aliphatic rings. The zero-order chi connectivity index (χ0) is 25.8. The van der Waals surface area contributed by atoms with Crippen molar-refractivity contribution in [2.45, 2.75) is 65.8 Å². The Labute approximate surface area is 207 Å². The van der Waals surface area contributed by atoms with E-state index in [0.717, 1.165) is 0 Å². The van der Waals surface area contributed by atoms with E-state index in [4.69, 9.17) is 18.9 Å². The van der Waals surface area contributed by atoms with Crippen LogP contribution in [0.5, 0.6) is 11.5 Å². The number of nitrogens with zero attached hydrogens (tertiary/aromatic N) is 2. The smallest absolute Gasteiger partial charge is 0.425 e. The number of hydrogen-bond donors (Lipinski definition) is 0. The van der Waals surface area contributed by atoms with Gasteiger partial charge in [0.15, 0.2) is 11.6 Å². The summed E-state index contributed by atoms with van der Waals surface area (Å²) in [5.41, 5.74) is -1.36. The van der Waals surface area contributed by atoms with Crippen LogP contribution in [0.2, 0.25) is 0 Å². The first kappa shape index (κ1) is 27.4. The van der Waals surface area contributed by atoms with Crippen LogP contribution in [-0.4, -0.2) is 35.5 Å². The first-order valence-corrected chi connectivity index (χ1v) is 11.3. The van der Waals surface area contributed by atoms with Crippen molar-refractivity contribution in [3.8, 4) is 11.5 Å². The highest BCUT2D eigenvalue weighted by Crippen LogP contribution is 2.36. The Morgan fingerprint density at radius 2 is 1.56 bits per heavy atom. The lowest BCUT2D eigenvalue weighted by Gasteiger charge is -2.29. The van der Waals surface area contributed by atoms with Crippen molar-refractivity contribution in [3.63, 3.8) is 0 Å². The van der Waals surface area contributed by atoms with E-state index in [2.05, 4.69) is 20.9 Å². The summed E-state index contributed by atoms with van der Waals surface area (Å²) >= 11 is 3.33. The van der Waals surface area contributed by atoms with E-state index in [1.165, 1.54) is 37.6 Å². The van der Waals surface area contributed by atoms with Crippen molar-refractivity contribution in [1.29, 1.82) is 0 Å². The summed E-state index contributed by atoms with van der Waals surface area (Å²) in [7, 11) is 1.46. The Hall–Kier alpha value is -2.88. The maximum Gasteiger partial charge on any atom is 0.425 e. The molecule has 1 unspecified atom stereocenters. The maximum atomic E-state index is 13.9. The molecule has 0 saturated carbocycles. The zero-order valence-corrected chi connectivity index (χ0v) is 22.1. The molecule has 186 valence electrons. The molecular formula is C24H30BrFN2O6. The van der Waals surface area contributed by atoms with E-state index in [1.807, 2.05) is 0 Å². The second-order valence-electron chi connectivity index (χ2n) is 9.42. The van der Waals surface area contributed by atoms with Crippen molar-refractivity contribution in [2.24, 2.45) is 0 Å². The van der Waals surface area contributed by atoms with Crippen LogP contribution in [0, 0.1) is 5.82 Å². The molecule has 1 atom stereocenters. The van der Waals surface area contributed by atoms with Crippen LogP contribution in [0.15, 0.2) is 34.9 Å². The van der Waals surface area contributed by atoms with Crippen LogP contribution >= 0.6 is 15.9 Å². The molecule has 2 aromatic rings. The molecule has 1 heterocycles. The van der Waals surface area contributed by atoms with Gasteiger partial charge in [0.2, 0.25) is 0 Å². The lowest BCUT2D eigenvalue weighted by atomic mass is 10.1. The molecule has 1 aromatic carbocycles. The van der Waals surface area contributed by atoms with Gasteiger partial charge in [-0.05, 0) is 88.7 Å². The molecule has 34 heavy (non-hydrogen) atoms. The number of ether oxygens (including phenoxy) is 4. The first-order valence-electron chi connectivity index (χ1n) is 10.5. The highest BCUT2D eigenvalue weighted by Gasteiger charge is 2.36. The molecule has 2 rings (SSSR count). The second-order valence-corrected chi connectivity index (χ2v) is 10.3. The molecule has 8 nitrogen and oxygen atoms in total. The predicted molar refractivity (Wildman–Crippen MR) is 129 cm³/mol. The zero-order valence-electron chi connectivity index (χ0n) is 20.6. The lowest BCUT2D eigenvalue weighted by molar-refractivity contribution is 0.0426.